The van der Waals surface area contributed by atoms with Gasteiger partial charge in [0, 0.05) is 28.4 Å². The number of halogens is 1. The van der Waals surface area contributed by atoms with Gasteiger partial charge >= 0.3 is 0 Å². The summed E-state index contributed by atoms with van der Waals surface area (Å²) in [5.74, 6) is 7.27. The summed E-state index contributed by atoms with van der Waals surface area (Å²) in [4.78, 5) is 7.09. The molecule has 0 bridgehead atoms. The van der Waals surface area contributed by atoms with E-state index in [1.54, 1.807) is 0 Å². The zero-order chi connectivity index (χ0) is 23.2. The van der Waals surface area contributed by atoms with Gasteiger partial charge in [0.1, 0.15) is 5.69 Å². The highest BCUT2D eigenvalue weighted by atomic mass is 35.5. The van der Waals surface area contributed by atoms with Gasteiger partial charge in [-0.05, 0) is 98.6 Å². The Morgan fingerprint density at radius 2 is 1.64 bits per heavy atom. The fourth-order valence-electron chi connectivity index (χ4n) is 4.23. The van der Waals surface area contributed by atoms with E-state index >= 15 is 0 Å². The Balaban J connectivity index is 1.39. The van der Waals surface area contributed by atoms with Gasteiger partial charge in [0.15, 0.2) is 0 Å². The van der Waals surface area contributed by atoms with Gasteiger partial charge in [-0.1, -0.05) is 60.9 Å². The van der Waals surface area contributed by atoms with Gasteiger partial charge in [0.2, 0.25) is 0 Å². The second-order valence-corrected chi connectivity index (χ2v) is 9.51. The van der Waals surface area contributed by atoms with E-state index < -0.39 is 0 Å². The third-order valence-electron chi connectivity index (χ3n) is 6.50. The topological polar surface area (TPSA) is 16.1 Å². The summed E-state index contributed by atoms with van der Waals surface area (Å²) >= 11 is 5.97. The highest BCUT2D eigenvalue weighted by Gasteiger charge is 2.19. The largest absolute Gasteiger partial charge is 0.297 e. The van der Waals surface area contributed by atoms with Gasteiger partial charge in [-0.3, -0.25) is 4.90 Å². The minimum absolute atomic E-state index is 0.471. The fourth-order valence-corrected chi connectivity index (χ4v) is 4.36. The van der Waals surface area contributed by atoms with Gasteiger partial charge in [-0.2, -0.15) is 0 Å². The molecular weight excluding hydrogens is 424 g/mol. The minimum Gasteiger partial charge on any atom is -0.297 e. The number of pyridine rings is 1. The summed E-state index contributed by atoms with van der Waals surface area (Å²) in [6, 6.07) is 20.8. The molecule has 1 aliphatic heterocycles. The number of allylic oxidation sites excluding steroid dienone is 1. The second-order valence-electron chi connectivity index (χ2n) is 9.08. The molecule has 3 aromatic rings. The van der Waals surface area contributed by atoms with Crippen molar-refractivity contribution >= 4 is 17.2 Å². The Kier molecular flexibility index (Phi) is 7.65. The van der Waals surface area contributed by atoms with Crippen LogP contribution in [0.4, 0.5) is 0 Å². The highest BCUT2D eigenvalue weighted by Crippen LogP contribution is 2.22. The first-order valence-corrected chi connectivity index (χ1v) is 12.1. The molecule has 4 rings (SSSR count). The number of hydrogen-bond donors (Lipinski definition) is 0. The first-order chi connectivity index (χ1) is 16.0. The van der Waals surface area contributed by atoms with E-state index in [1.807, 2.05) is 42.6 Å². The summed E-state index contributed by atoms with van der Waals surface area (Å²) in [5.41, 5.74) is 6.47. The molecule has 1 aromatic heterocycles. The summed E-state index contributed by atoms with van der Waals surface area (Å²) in [7, 11) is 0. The van der Waals surface area contributed by atoms with Gasteiger partial charge < -0.3 is 0 Å². The Morgan fingerprint density at radius 3 is 2.27 bits per heavy atom. The van der Waals surface area contributed by atoms with Crippen LogP contribution in [0, 0.1) is 17.8 Å². The van der Waals surface area contributed by atoms with Crippen molar-refractivity contribution in [1.29, 1.82) is 0 Å². The average molecular weight is 455 g/mol. The SMILES string of the molecule is C/C(=C/C(C)N1CCC(C)CC1)c1ccc(C#Cc2ccc(-c3ccc(Cl)cc3)cn2)cc1. The quantitative estimate of drug-likeness (QED) is 0.384. The first kappa shape index (κ1) is 23.3. The molecule has 0 saturated carbocycles. The lowest BCUT2D eigenvalue weighted by molar-refractivity contribution is 0.169. The molecule has 33 heavy (non-hydrogen) atoms. The zero-order valence-corrected chi connectivity index (χ0v) is 20.4. The monoisotopic (exact) mass is 454 g/mol. The standard InChI is InChI=1S/C30H31ClN2/c1-22-16-18-33(19-17-22)24(3)20-23(2)26-7-4-25(5-8-26)6-14-30-15-11-28(21-32-30)27-9-12-29(31)13-10-27/h4-5,7-13,15,20-22,24H,16-19H2,1-3H3/b23-20-. The Labute approximate surface area is 203 Å². The molecule has 1 atom stereocenters. The van der Waals surface area contributed by atoms with Crippen molar-refractivity contribution in [3.63, 3.8) is 0 Å². The third kappa shape index (κ3) is 6.35. The molecule has 0 amide bonds. The Bertz CT molecular complexity index is 1140. The van der Waals surface area contributed by atoms with Crippen molar-refractivity contribution in [2.24, 2.45) is 5.92 Å². The van der Waals surface area contributed by atoms with Crippen LogP contribution < -0.4 is 0 Å². The number of piperidine rings is 1. The van der Waals surface area contributed by atoms with Crippen LogP contribution in [0.1, 0.15) is 50.4 Å². The smallest absolute Gasteiger partial charge is 0.113 e. The molecule has 1 fully saturated rings. The van der Waals surface area contributed by atoms with E-state index in [0.717, 1.165) is 33.3 Å². The van der Waals surface area contributed by atoms with E-state index in [4.69, 9.17) is 11.6 Å². The van der Waals surface area contributed by atoms with Crippen molar-refractivity contribution in [3.8, 4) is 23.0 Å². The van der Waals surface area contributed by atoms with E-state index in [0.29, 0.717) is 6.04 Å². The van der Waals surface area contributed by atoms with Crippen molar-refractivity contribution in [1.82, 2.24) is 9.88 Å². The van der Waals surface area contributed by atoms with E-state index in [2.05, 4.69) is 72.8 Å². The number of likely N-dealkylation sites (tertiary alicyclic amines) is 1. The maximum atomic E-state index is 5.97. The maximum absolute atomic E-state index is 5.97. The summed E-state index contributed by atoms with van der Waals surface area (Å²) in [5, 5.41) is 0.733. The fraction of sp³-hybridized carbons (Fsp3) is 0.300. The number of benzene rings is 2. The zero-order valence-electron chi connectivity index (χ0n) is 19.7. The number of nitrogens with zero attached hydrogens (tertiary/aromatic N) is 2. The van der Waals surface area contributed by atoms with E-state index in [-0.39, 0.29) is 0 Å². The summed E-state index contributed by atoms with van der Waals surface area (Å²) in [6.45, 7) is 9.28. The van der Waals surface area contributed by atoms with Crippen LogP contribution >= 0.6 is 11.6 Å². The molecule has 3 heteroatoms. The predicted octanol–water partition coefficient (Wildman–Crippen LogP) is 7.33. The lowest BCUT2D eigenvalue weighted by Crippen LogP contribution is -2.38. The van der Waals surface area contributed by atoms with Crippen LogP contribution in [-0.2, 0) is 0 Å². The molecule has 1 saturated heterocycles. The lowest BCUT2D eigenvalue weighted by atomic mass is 9.97. The van der Waals surface area contributed by atoms with Crippen molar-refractivity contribution in [3.05, 3.63) is 94.8 Å². The molecule has 2 heterocycles. The van der Waals surface area contributed by atoms with Gasteiger partial charge in [0.05, 0.1) is 0 Å². The van der Waals surface area contributed by atoms with Crippen LogP contribution in [0.25, 0.3) is 16.7 Å². The summed E-state index contributed by atoms with van der Waals surface area (Å²) in [6.07, 6.45) is 6.87. The first-order valence-electron chi connectivity index (χ1n) is 11.7. The number of rotatable bonds is 4. The molecule has 1 aliphatic rings. The van der Waals surface area contributed by atoms with E-state index in [9.17, 15) is 0 Å². The molecule has 0 spiro atoms. The Hall–Kier alpha value is -2.86. The number of hydrogen-bond acceptors (Lipinski definition) is 2. The molecule has 0 radical (unpaired) electrons. The van der Waals surface area contributed by atoms with E-state index in [1.165, 1.54) is 37.1 Å². The minimum atomic E-state index is 0.471. The normalized spacial score (nSPS) is 16.2. The van der Waals surface area contributed by atoms with Gasteiger partial charge in [0.25, 0.3) is 0 Å². The molecular formula is C30H31ClN2. The van der Waals surface area contributed by atoms with Crippen LogP contribution in [0.2, 0.25) is 5.02 Å². The molecule has 168 valence electrons. The average Bonchev–Trinajstić information content (AvgIpc) is 2.84. The highest BCUT2D eigenvalue weighted by molar-refractivity contribution is 6.30. The lowest BCUT2D eigenvalue weighted by Gasteiger charge is -2.34. The van der Waals surface area contributed by atoms with Crippen LogP contribution in [-0.4, -0.2) is 29.0 Å². The predicted molar refractivity (Wildman–Crippen MR) is 140 cm³/mol. The van der Waals surface area contributed by atoms with Crippen molar-refractivity contribution in [2.75, 3.05) is 13.1 Å². The molecule has 2 nitrogen and oxygen atoms in total. The van der Waals surface area contributed by atoms with Crippen molar-refractivity contribution < 1.29 is 0 Å². The van der Waals surface area contributed by atoms with Crippen LogP contribution in [0.15, 0.2) is 72.9 Å². The second kappa shape index (κ2) is 10.8. The van der Waals surface area contributed by atoms with Crippen molar-refractivity contribution in [2.45, 2.75) is 39.7 Å². The number of aromatic nitrogens is 1. The Morgan fingerprint density at radius 1 is 0.970 bits per heavy atom. The third-order valence-corrected chi connectivity index (χ3v) is 6.75. The molecule has 1 unspecified atom stereocenters. The summed E-state index contributed by atoms with van der Waals surface area (Å²) < 4.78 is 0. The molecule has 0 aliphatic carbocycles. The molecule has 2 aromatic carbocycles. The van der Waals surface area contributed by atoms with Gasteiger partial charge in [-0.25, -0.2) is 4.98 Å². The maximum Gasteiger partial charge on any atom is 0.113 e. The van der Waals surface area contributed by atoms with Crippen LogP contribution in [0.3, 0.4) is 0 Å². The van der Waals surface area contributed by atoms with Gasteiger partial charge in [-0.15, -0.1) is 0 Å². The van der Waals surface area contributed by atoms with Crippen LogP contribution in [0.5, 0.6) is 0 Å². The molecule has 0 N–H and O–H groups in total.